The van der Waals surface area contributed by atoms with Crippen molar-refractivity contribution in [3.8, 4) is 0 Å². The maximum absolute atomic E-state index is 13.3. The molecule has 0 fully saturated rings. The van der Waals surface area contributed by atoms with E-state index in [1.54, 1.807) is 13.0 Å². The fourth-order valence-corrected chi connectivity index (χ4v) is 1.40. The number of halogens is 1. The van der Waals surface area contributed by atoms with Crippen LogP contribution in [0, 0.1) is 5.82 Å². The van der Waals surface area contributed by atoms with E-state index in [1.165, 1.54) is 18.2 Å². The summed E-state index contributed by atoms with van der Waals surface area (Å²) in [5.74, 6) is -1.32. The van der Waals surface area contributed by atoms with Gasteiger partial charge in [0.15, 0.2) is 0 Å². The molecule has 0 atom stereocenters. The van der Waals surface area contributed by atoms with Crippen molar-refractivity contribution in [3.05, 3.63) is 51.7 Å². The Kier molecular flexibility index (Phi) is 4.04. The molecule has 0 aliphatic rings. The zero-order valence-electron chi connectivity index (χ0n) is 10.5. The van der Waals surface area contributed by atoms with Crippen LogP contribution in [0.5, 0.6) is 0 Å². The third-order valence-electron chi connectivity index (χ3n) is 2.34. The molecule has 0 bridgehead atoms. The smallest absolute Gasteiger partial charge is 0.364 e. The largest absolute Gasteiger partial charge is 0.461 e. The van der Waals surface area contributed by atoms with Gasteiger partial charge in [0.25, 0.3) is 0 Å². The van der Waals surface area contributed by atoms with Crippen LogP contribution in [0.2, 0.25) is 0 Å². The molecular weight excluding hydrogens is 267 g/mol. The van der Waals surface area contributed by atoms with Crippen molar-refractivity contribution in [1.82, 2.24) is 15.1 Å². The van der Waals surface area contributed by atoms with E-state index in [-0.39, 0.29) is 12.2 Å². The van der Waals surface area contributed by atoms with E-state index in [2.05, 4.69) is 20.2 Å². The fraction of sp³-hybridized carbons (Fsp3) is 0.167. The Morgan fingerprint density at radius 2 is 2.30 bits per heavy atom. The normalized spacial score (nSPS) is 10.9. The van der Waals surface area contributed by atoms with E-state index in [4.69, 9.17) is 0 Å². The summed E-state index contributed by atoms with van der Waals surface area (Å²) in [7, 11) is 0. The van der Waals surface area contributed by atoms with Crippen LogP contribution < -0.4 is 5.56 Å². The first-order valence-electron chi connectivity index (χ1n) is 5.77. The first-order chi connectivity index (χ1) is 9.63. The van der Waals surface area contributed by atoms with Crippen LogP contribution in [0.3, 0.4) is 0 Å². The second kappa shape index (κ2) is 5.91. The van der Waals surface area contributed by atoms with E-state index in [1.807, 2.05) is 0 Å². The average molecular weight is 278 g/mol. The zero-order valence-corrected chi connectivity index (χ0v) is 10.5. The standard InChI is InChI=1S/C12H11FN4O3/c1-2-20-12(19)10-11(18)17(16-15-10)14-7-8-5-3-4-6-9(8)13/h3-7,16H,2H2,1H3/b14-7-. The van der Waals surface area contributed by atoms with Gasteiger partial charge in [-0.25, -0.2) is 9.18 Å². The molecule has 0 unspecified atom stereocenters. The van der Waals surface area contributed by atoms with Gasteiger partial charge in [0.2, 0.25) is 5.69 Å². The van der Waals surface area contributed by atoms with Gasteiger partial charge in [-0.2, -0.15) is 10.3 Å². The van der Waals surface area contributed by atoms with Crippen molar-refractivity contribution < 1.29 is 13.9 Å². The lowest BCUT2D eigenvalue weighted by Gasteiger charge is -1.95. The zero-order chi connectivity index (χ0) is 14.5. The molecular formula is C12H11FN4O3. The SMILES string of the molecule is CCOC(=O)c1n[nH]n(/N=C\c2ccccc2F)c1=O. The lowest BCUT2D eigenvalue weighted by Crippen LogP contribution is -2.20. The number of hydrogen-bond acceptors (Lipinski definition) is 5. The lowest BCUT2D eigenvalue weighted by atomic mass is 10.2. The molecule has 0 saturated heterocycles. The quantitative estimate of drug-likeness (QED) is 0.660. The molecule has 0 spiro atoms. The molecule has 7 nitrogen and oxygen atoms in total. The minimum absolute atomic E-state index is 0.129. The number of ether oxygens (including phenoxy) is 1. The van der Waals surface area contributed by atoms with Gasteiger partial charge in [-0.05, 0) is 13.0 Å². The van der Waals surface area contributed by atoms with Crippen LogP contribution in [0.25, 0.3) is 0 Å². The second-order valence-electron chi connectivity index (χ2n) is 3.66. The molecule has 0 aliphatic heterocycles. The lowest BCUT2D eigenvalue weighted by molar-refractivity contribution is 0.0517. The summed E-state index contributed by atoms with van der Waals surface area (Å²) in [4.78, 5) is 23.9. The molecule has 20 heavy (non-hydrogen) atoms. The van der Waals surface area contributed by atoms with Crippen molar-refractivity contribution in [3.63, 3.8) is 0 Å². The van der Waals surface area contributed by atoms with E-state index >= 15 is 0 Å². The van der Waals surface area contributed by atoms with Crippen molar-refractivity contribution in [2.24, 2.45) is 5.10 Å². The summed E-state index contributed by atoms with van der Waals surface area (Å²) in [5, 5.41) is 9.46. The number of aromatic nitrogens is 3. The van der Waals surface area contributed by atoms with Crippen LogP contribution in [0.1, 0.15) is 23.0 Å². The Morgan fingerprint density at radius 1 is 1.55 bits per heavy atom. The van der Waals surface area contributed by atoms with Crippen molar-refractivity contribution in [2.45, 2.75) is 6.92 Å². The third kappa shape index (κ3) is 2.79. The van der Waals surface area contributed by atoms with Gasteiger partial charge in [0.1, 0.15) is 5.82 Å². The Hall–Kier alpha value is -2.77. The van der Waals surface area contributed by atoms with E-state index in [9.17, 15) is 14.0 Å². The number of aromatic amines is 1. The van der Waals surface area contributed by atoms with E-state index in [0.717, 1.165) is 11.0 Å². The Labute approximate surface area is 112 Å². The topological polar surface area (TPSA) is 89.3 Å². The monoisotopic (exact) mass is 278 g/mol. The van der Waals surface area contributed by atoms with Gasteiger partial charge in [0.05, 0.1) is 12.8 Å². The minimum atomic E-state index is -0.839. The summed E-state index contributed by atoms with van der Waals surface area (Å²) < 4.78 is 18.0. The molecule has 8 heteroatoms. The van der Waals surface area contributed by atoms with E-state index < -0.39 is 23.0 Å². The molecule has 1 N–H and O–H groups in total. The predicted octanol–water partition coefficient (Wildman–Crippen LogP) is 0.769. The summed E-state index contributed by atoms with van der Waals surface area (Å²) in [6.45, 7) is 1.74. The molecule has 0 radical (unpaired) electrons. The molecule has 0 saturated carbocycles. The highest BCUT2D eigenvalue weighted by Gasteiger charge is 2.17. The molecule has 0 aliphatic carbocycles. The summed E-state index contributed by atoms with van der Waals surface area (Å²) in [6, 6.07) is 5.92. The van der Waals surface area contributed by atoms with Crippen molar-refractivity contribution in [1.29, 1.82) is 0 Å². The number of nitrogens with zero attached hydrogens (tertiary/aromatic N) is 3. The molecule has 1 aromatic heterocycles. The van der Waals surface area contributed by atoms with Crippen LogP contribution >= 0.6 is 0 Å². The Bertz CT molecular complexity index is 705. The molecule has 104 valence electrons. The van der Waals surface area contributed by atoms with Crippen LogP contribution in [-0.2, 0) is 4.74 Å². The first kappa shape index (κ1) is 13.7. The fourth-order valence-electron chi connectivity index (χ4n) is 1.40. The minimum Gasteiger partial charge on any atom is -0.461 e. The predicted molar refractivity (Wildman–Crippen MR) is 68.2 cm³/mol. The number of nitrogens with one attached hydrogen (secondary N) is 1. The number of H-pyrrole nitrogens is 1. The molecule has 2 rings (SSSR count). The number of carbonyl (C=O) groups excluding carboxylic acids is 1. The number of hydrogen-bond donors (Lipinski definition) is 1. The van der Waals surface area contributed by atoms with Gasteiger partial charge >= 0.3 is 11.5 Å². The maximum atomic E-state index is 13.3. The molecule has 1 aromatic carbocycles. The van der Waals surface area contributed by atoms with E-state index in [0.29, 0.717) is 0 Å². The van der Waals surface area contributed by atoms with Crippen LogP contribution in [0.4, 0.5) is 4.39 Å². The van der Waals surface area contributed by atoms with Gasteiger partial charge < -0.3 is 4.74 Å². The maximum Gasteiger partial charge on any atom is 0.364 e. The Morgan fingerprint density at radius 3 is 3.00 bits per heavy atom. The number of esters is 1. The highest BCUT2D eigenvalue weighted by Crippen LogP contribution is 2.02. The molecule has 2 aromatic rings. The van der Waals surface area contributed by atoms with Crippen LogP contribution in [-0.4, -0.2) is 33.9 Å². The first-order valence-corrected chi connectivity index (χ1v) is 5.77. The molecule has 1 heterocycles. The second-order valence-corrected chi connectivity index (χ2v) is 3.66. The summed E-state index contributed by atoms with van der Waals surface area (Å²) in [5.41, 5.74) is -0.972. The van der Waals surface area contributed by atoms with Gasteiger partial charge in [-0.1, -0.05) is 18.2 Å². The number of rotatable bonds is 4. The highest BCUT2D eigenvalue weighted by molar-refractivity contribution is 5.86. The summed E-state index contributed by atoms with van der Waals surface area (Å²) >= 11 is 0. The van der Waals surface area contributed by atoms with Gasteiger partial charge in [0, 0.05) is 5.56 Å². The number of carbonyl (C=O) groups is 1. The van der Waals surface area contributed by atoms with Crippen molar-refractivity contribution >= 4 is 12.2 Å². The van der Waals surface area contributed by atoms with Gasteiger partial charge in [-0.15, -0.1) is 9.89 Å². The van der Waals surface area contributed by atoms with Crippen molar-refractivity contribution in [2.75, 3.05) is 6.61 Å². The van der Waals surface area contributed by atoms with Gasteiger partial charge in [-0.3, -0.25) is 4.79 Å². The molecule has 0 amide bonds. The van der Waals surface area contributed by atoms with Crippen LogP contribution in [0.15, 0.2) is 34.2 Å². The average Bonchev–Trinajstić information content (AvgIpc) is 2.79. The Balaban J connectivity index is 2.26. The summed E-state index contributed by atoms with van der Waals surface area (Å²) in [6.07, 6.45) is 1.14. The third-order valence-corrected chi connectivity index (χ3v) is 2.34. The number of benzene rings is 1. The highest BCUT2D eigenvalue weighted by atomic mass is 19.1.